The molecular weight excluding hydrogens is 265 g/mol. The Morgan fingerprint density at radius 3 is 2.50 bits per heavy atom. The molecule has 3 N–H and O–H groups in total. The number of benzene rings is 1. The SMILES string of the molecule is OC(C[NH2+]CCBr)c1ccccc1.[Cl-]. The summed E-state index contributed by atoms with van der Waals surface area (Å²) in [5, 5.41) is 12.8. The van der Waals surface area contributed by atoms with Crippen LogP contribution < -0.4 is 17.7 Å². The third kappa shape index (κ3) is 4.96. The van der Waals surface area contributed by atoms with Crippen molar-refractivity contribution in [1.82, 2.24) is 0 Å². The Labute approximate surface area is 99.3 Å². The van der Waals surface area contributed by atoms with Crippen LogP contribution in [0.1, 0.15) is 11.7 Å². The number of quaternary nitrogens is 1. The van der Waals surface area contributed by atoms with Crippen molar-refractivity contribution in [3.8, 4) is 0 Å². The highest BCUT2D eigenvalue weighted by Crippen LogP contribution is 2.08. The van der Waals surface area contributed by atoms with Crippen molar-refractivity contribution in [2.45, 2.75) is 6.10 Å². The third-order valence-corrected chi connectivity index (χ3v) is 2.35. The predicted molar refractivity (Wildman–Crippen MR) is 56.9 cm³/mol. The normalized spacial score (nSPS) is 11.9. The van der Waals surface area contributed by atoms with E-state index in [1.54, 1.807) is 0 Å². The second kappa shape index (κ2) is 8.24. The summed E-state index contributed by atoms with van der Waals surface area (Å²) >= 11 is 3.34. The van der Waals surface area contributed by atoms with Crippen LogP contribution in [-0.2, 0) is 0 Å². The number of nitrogens with two attached hydrogens (primary N) is 1. The van der Waals surface area contributed by atoms with Crippen molar-refractivity contribution in [2.75, 3.05) is 18.4 Å². The first kappa shape index (κ1) is 13.9. The van der Waals surface area contributed by atoms with Gasteiger partial charge in [0.05, 0.1) is 11.9 Å². The zero-order valence-electron chi connectivity index (χ0n) is 7.87. The summed E-state index contributed by atoms with van der Waals surface area (Å²) in [5.74, 6) is 0. The molecule has 0 spiro atoms. The van der Waals surface area contributed by atoms with Gasteiger partial charge in [-0.15, -0.1) is 0 Å². The summed E-state index contributed by atoms with van der Waals surface area (Å²) in [6.07, 6.45) is -0.347. The molecule has 2 nitrogen and oxygen atoms in total. The molecule has 1 unspecified atom stereocenters. The third-order valence-electron chi connectivity index (χ3n) is 1.89. The summed E-state index contributed by atoms with van der Waals surface area (Å²) in [4.78, 5) is 0. The number of hydrogen-bond donors (Lipinski definition) is 2. The van der Waals surface area contributed by atoms with Crippen LogP contribution in [0.2, 0.25) is 0 Å². The van der Waals surface area contributed by atoms with Crippen LogP contribution in [0.25, 0.3) is 0 Å². The molecule has 0 aliphatic heterocycles. The fourth-order valence-corrected chi connectivity index (χ4v) is 1.49. The van der Waals surface area contributed by atoms with E-state index >= 15 is 0 Å². The Morgan fingerprint density at radius 1 is 1.29 bits per heavy atom. The molecule has 0 aromatic heterocycles. The van der Waals surface area contributed by atoms with Gasteiger partial charge in [0.15, 0.2) is 0 Å². The number of alkyl halides is 1. The maximum Gasteiger partial charge on any atom is 0.128 e. The lowest BCUT2D eigenvalue weighted by Gasteiger charge is -2.08. The topological polar surface area (TPSA) is 36.8 Å². The zero-order chi connectivity index (χ0) is 9.52. The lowest BCUT2D eigenvalue weighted by molar-refractivity contribution is -0.657. The van der Waals surface area contributed by atoms with E-state index in [4.69, 9.17) is 0 Å². The van der Waals surface area contributed by atoms with E-state index in [1.165, 1.54) is 0 Å². The number of aliphatic hydroxyl groups is 1. The second-order valence-corrected chi connectivity index (χ2v) is 3.72. The van der Waals surface area contributed by atoms with Crippen molar-refractivity contribution in [2.24, 2.45) is 0 Å². The van der Waals surface area contributed by atoms with Gasteiger partial charge in [0.25, 0.3) is 0 Å². The maximum atomic E-state index is 9.70. The van der Waals surface area contributed by atoms with E-state index in [-0.39, 0.29) is 18.5 Å². The molecule has 1 aromatic carbocycles. The standard InChI is InChI=1S/C10H14BrNO.ClH/c11-6-7-12-8-10(13)9-4-2-1-3-5-9;/h1-5,10,12-13H,6-8H2;1H. The fraction of sp³-hybridized carbons (Fsp3) is 0.400. The van der Waals surface area contributed by atoms with Gasteiger partial charge >= 0.3 is 0 Å². The van der Waals surface area contributed by atoms with Gasteiger partial charge < -0.3 is 22.8 Å². The predicted octanol–water partition coefficient (Wildman–Crippen LogP) is -2.32. The van der Waals surface area contributed by atoms with Crippen LogP contribution in [0.3, 0.4) is 0 Å². The number of hydrogen-bond acceptors (Lipinski definition) is 1. The molecule has 1 rings (SSSR count). The van der Waals surface area contributed by atoms with Crippen molar-refractivity contribution in [3.63, 3.8) is 0 Å². The van der Waals surface area contributed by atoms with E-state index in [2.05, 4.69) is 21.2 Å². The molecule has 0 saturated carbocycles. The molecular formula is C10H15BrClNO. The van der Waals surface area contributed by atoms with E-state index in [0.29, 0.717) is 0 Å². The van der Waals surface area contributed by atoms with Gasteiger partial charge in [-0.05, 0) is 5.56 Å². The number of aliphatic hydroxyl groups excluding tert-OH is 1. The Hall–Kier alpha value is -0.0900. The van der Waals surface area contributed by atoms with Gasteiger partial charge in [-0.1, -0.05) is 46.3 Å². The van der Waals surface area contributed by atoms with Crippen molar-refractivity contribution < 1.29 is 22.8 Å². The van der Waals surface area contributed by atoms with Gasteiger partial charge in [0.1, 0.15) is 12.6 Å². The van der Waals surface area contributed by atoms with Crippen LogP contribution in [0.5, 0.6) is 0 Å². The van der Waals surface area contributed by atoms with Gasteiger partial charge in [0, 0.05) is 0 Å². The molecule has 0 aliphatic carbocycles. The van der Waals surface area contributed by atoms with Crippen molar-refractivity contribution in [3.05, 3.63) is 35.9 Å². The van der Waals surface area contributed by atoms with Crippen LogP contribution >= 0.6 is 15.9 Å². The van der Waals surface area contributed by atoms with Gasteiger partial charge in [0.2, 0.25) is 0 Å². The molecule has 0 fully saturated rings. The Balaban J connectivity index is 0.00000169. The molecule has 80 valence electrons. The Morgan fingerprint density at radius 2 is 1.93 bits per heavy atom. The van der Waals surface area contributed by atoms with E-state index < -0.39 is 0 Å². The molecule has 0 aliphatic rings. The van der Waals surface area contributed by atoms with E-state index in [0.717, 1.165) is 24.0 Å². The summed E-state index contributed by atoms with van der Waals surface area (Å²) in [5.41, 5.74) is 0.994. The largest absolute Gasteiger partial charge is 1.00 e. The molecule has 0 radical (unpaired) electrons. The van der Waals surface area contributed by atoms with Crippen molar-refractivity contribution in [1.29, 1.82) is 0 Å². The summed E-state index contributed by atoms with van der Waals surface area (Å²) in [6.45, 7) is 1.74. The van der Waals surface area contributed by atoms with Crippen LogP contribution in [0.4, 0.5) is 0 Å². The minimum atomic E-state index is -0.347. The second-order valence-electron chi connectivity index (χ2n) is 2.93. The summed E-state index contributed by atoms with van der Waals surface area (Å²) in [6, 6.07) is 9.75. The minimum Gasteiger partial charge on any atom is -1.00 e. The molecule has 1 atom stereocenters. The van der Waals surface area contributed by atoms with E-state index in [9.17, 15) is 5.11 Å². The van der Waals surface area contributed by atoms with E-state index in [1.807, 2.05) is 30.3 Å². The maximum absolute atomic E-state index is 9.70. The Kier molecular flexibility index (Phi) is 8.18. The van der Waals surface area contributed by atoms with Crippen LogP contribution in [0.15, 0.2) is 30.3 Å². The zero-order valence-corrected chi connectivity index (χ0v) is 10.2. The lowest BCUT2D eigenvalue weighted by atomic mass is 10.1. The summed E-state index contributed by atoms with van der Waals surface area (Å²) < 4.78 is 0. The fourth-order valence-electron chi connectivity index (χ4n) is 1.16. The van der Waals surface area contributed by atoms with Crippen molar-refractivity contribution >= 4 is 15.9 Å². The quantitative estimate of drug-likeness (QED) is 0.461. The molecule has 1 aromatic rings. The molecule has 0 heterocycles. The Bertz CT molecular complexity index is 233. The first-order valence-corrected chi connectivity index (χ1v) is 5.57. The molecule has 0 amide bonds. The monoisotopic (exact) mass is 279 g/mol. The van der Waals surface area contributed by atoms with Crippen LogP contribution in [0, 0.1) is 0 Å². The average Bonchev–Trinajstić information content (AvgIpc) is 2.19. The average molecular weight is 281 g/mol. The number of rotatable bonds is 5. The summed E-state index contributed by atoms with van der Waals surface area (Å²) in [7, 11) is 0. The first-order valence-electron chi connectivity index (χ1n) is 4.45. The smallest absolute Gasteiger partial charge is 0.128 e. The molecule has 4 heteroatoms. The highest BCUT2D eigenvalue weighted by Gasteiger charge is 2.07. The highest BCUT2D eigenvalue weighted by atomic mass is 79.9. The lowest BCUT2D eigenvalue weighted by Crippen LogP contribution is -3.00. The van der Waals surface area contributed by atoms with Gasteiger partial charge in [-0.25, -0.2) is 0 Å². The molecule has 0 saturated heterocycles. The molecule has 14 heavy (non-hydrogen) atoms. The van der Waals surface area contributed by atoms with Gasteiger partial charge in [-0.3, -0.25) is 0 Å². The first-order chi connectivity index (χ1) is 6.34. The van der Waals surface area contributed by atoms with Crippen LogP contribution in [-0.4, -0.2) is 23.5 Å². The highest BCUT2D eigenvalue weighted by molar-refractivity contribution is 9.09. The van der Waals surface area contributed by atoms with Gasteiger partial charge in [-0.2, -0.15) is 0 Å². The minimum absolute atomic E-state index is 0. The molecule has 0 bridgehead atoms. The number of halogens is 2.